The molecule has 1 heterocycles. The van der Waals surface area contributed by atoms with E-state index in [0.29, 0.717) is 13.0 Å². The molecule has 9 heteroatoms. The number of hydrogen-bond donors (Lipinski definition) is 1. The molecular formula is C16H23NO7S. The van der Waals surface area contributed by atoms with E-state index >= 15 is 0 Å². The van der Waals surface area contributed by atoms with Crippen LogP contribution in [0.3, 0.4) is 0 Å². The van der Waals surface area contributed by atoms with Crippen molar-refractivity contribution in [2.75, 3.05) is 19.8 Å². The van der Waals surface area contributed by atoms with Gasteiger partial charge >= 0.3 is 0 Å². The second kappa shape index (κ2) is 9.04. The zero-order valence-corrected chi connectivity index (χ0v) is 15.1. The summed E-state index contributed by atoms with van der Waals surface area (Å²) in [6.45, 7) is 7.91. The van der Waals surface area contributed by atoms with Gasteiger partial charge in [0.05, 0.1) is 24.7 Å². The van der Waals surface area contributed by atoms with Crippen molar-refractivity contribution in [3.05, 3.63) is 46.5 Å². The maximum atomic E-state index is 11.9. The van der Waals surface area contributed by atoms with Crippen LogP contribution in [0.5, 0.6) is 0 Å². The number of benzene rings is 1. The van der Waals surface area contributed by atoms with E-state index in [-0.39, 0.29) is 23.8 Å². The molecule has 0 radical (unpaired) electrons. The average Bonchev–Trinajstić information content (AvgIpc) is 3.40. The van der Waals surface area contributed by atoms with Crippen LogP contribution in [0.4, 0.5) is 5.69 Å². The second-order valence-electron chi connectivity index (χ2n) is 5.56. The summed E-state index contributed by atoms with van der Waals surface area (Å²) in [5.74, 6) is 0. The fourth-order valence-electron chi connectivity index (χ4n) is 1.61. The van der Waals surface area contributed by atoms with Crippen molar-refractivity contribution in [1.29, 1.82) is 0 Å². The Bertz CT molecular complexity index is 705. The molecular weight excluding hydrogens is 350 g/mol. The molecule has 1 atom stereocenters. The molecule has 8 nitrogen and oxygen atoms in total. The molecule has 0 aliphatic carbocycles. The molecule has 0 amide bonds. The minimum Gasteiger partial charge on any atom is -0.392 e. The predicted molar refractivity (Wildman–Crippen MR) is 91.7 cm³/mol. The van der Waals surface area contributed by atoms with Gasteiger partial charge in [0, 0.05) is 12.1 Å². The molecule has 1 N–H and O–H groups in total. The Kier molecular flexibility index (Phi) is 7.68. The van der Waals surface area contributed by atoms with Gasteiger partial charge < -0.3 is 9.84 Å². The van der Waals surface area contributed by atoms with E-state index in [4.69, 9.17) is 14.0 Å². The van der Waals surface area contributed by atoms with Crippen LogP contribution in [0.2, 0.25) is 0 Å². The lowest BCUT2D eigenvalue weighted by Gasteiger charge is -2.09. The first kappa shape index (κ1) is 21.2. The third-order valence-corrected chi connectivity index (χ3v) is 4.97. The van der Waals surface area contributed by atoms with E-state index in [1.54, 1.807) is 0 Å². The molecule has 0 unspecified atom stereocenters. The number of nitrogens with zero attached hydrogens (tertiary/aromatic N) is 1. The second-order valence-corrected chi connectivity index (χ2v) is 7.17. The SMILES string of the molecule is C=C(CC)CO.CC[C@@]1(COS(=O)(=O)c2cccc([N+](=O)[O-])c2)CO1. The van der Waals surface area contributed by atoms with Gasteiger partial charge in [-0.1, -0.05) is 32.1 Å². The summed E-state index contributed by atoms with van der Waals surface area (Å²) < 4.78 is 33.8. The number of non-ortho nitro benzene ring substituents is 1. The molecule has 25 heavy (non-hydrogen) atoms. The van der Waals surface area contributed by atoms with E-state index in [0.717, 1.165) is 18.1 Å². The summed E-state index contributed by atoms with van der Waals surface area (Å²) in [7, 11) is -4.00. The Morgan fingerprint density at radius 2 is 2.12 bits per heavy atom. The van der Waals surface area contributed by atoms with E-state index < -0.39 is 20.6 Å². The summed E-state index contributed by atoms with van der Waals surface area (Å²) >= 11 is 0. The van der Waals surface area contributed by atoms with Gasteiger partial charge in [-0.25, -0.2) is 0 Å². The van der Waals surface area contributed by atoms with Crippen molar-refractivity contribution in [3.8, 4) is 0 Å². The van der Waals surface area contributed by atoms with Gasteiger partial charge in [0.25, 0.3) is 15.8 Å². The number of aliphatic hydroxyl groups is 1. The molecule has 0 saturated carbocycles. The predicted octanol–water partition coefficient (Wildman–Crippen LogP) is 2.42. The van der Waals surface area contributed by atoms with Crippen LogP contribution in [0.15, 0.2) is 41.3 Å². The monoisotopic (exact) mass is 373 g/mol. The van der Waals surface area contributed by atoms with Gasteiger partial charge in [-0.05, 0) is 18.9 Å². The zero-order valence-electron chi connectivity index (χ0n) is 14.3. The van der Waals surface area contributed by atoms with E-state index in [1.807, 2.05) is 13.8 Å². The van der Waals surface area contributed by atoms with E-state index in [2.05, 4.69) is 6.58 Å². The normalized spacial score (nSPS) is 18.8. The van der Waals surface area contributed by atoms with Gasteiger partial charge in [-0.3, -0.25) is 14.3 Å². The Balaban J connectivity index is 0.000000450. The van der Waals surface area contributed by atoms with Gasteiger partial charge in [0.2, 0.25) is 0 Å². The van der Waals surface area contributed by atoms with Gasteiger partial charge in [0.15, 0.2) is 0 Å². The van der Waals surface area contributed by atoms with Crippen molar-refractivity contribution < 1.29 is 27.4 Å². The number of nitro benzene ring substituents is 1. The number of hydrogen-bond acceptors (Lipinski definition) is 7. The molecule has 0 bridgehead atoms. The van der Waals surface area contributed by atoms with Crippen molar-refractivity contribution in [3.63, 3.8) is 0 Å². The molecule has 0 spiro atoms. The standard InChI is InChI=1S/C11H13NO6S.C5H10O/c1-2-11(7-17-11)8-18-19(15,16)10-5-3-4-9(6-10)12(13)14;1-3-5(2)4-6/h3-6H,2,7-8H2,1H3;6H,2-4H2,1H3/t11-;/m0./s1. The van der Waals surface area contributed by atoms with E-state index in [9.17, 15) is 18.5 Å². The largest absolute Gasteiger partial charge is 0.392 e. The van der Waals surface area contributed by atoms with Crippen LogP contribution in [0.1, 0.15) is 26.7 Å². The number of rotatable bonds is 8. The quantitative estimate of drug-likeness (QED) is 0.244. The maximum Gasteiger partial charge on any atom is 0.297 e. The topological polar surface area (TPSA) is 119 Å². The zero-order chi connectivity index (χ0) is 19.1. The fourth-order valence-corrected chi connectivity index (χ4v) is 2.63. The van der Waals surface area contributed by atoms with E-state index in [1.165, 1.54) is 18.2 Å². The average molecular weight is 373 g/mol. The van der Waals surface area contributed by atoms with Gasteiger partial charge in [-0.15, -0.1) is 0 Å². The number of nitro groups is 1. The van der Waals surface area contributed by atoms with Crippen LogP contribution in [-0.4, -0.2) is 43.9 Å². The molecule has 1 fully saturated rings. The van der Waals surface area contributed by atoms with Crippen LogP contribution < -0.4 is 0 Å². The molecule has 140 valence electrons. The smallest absolute Gasteiger partial charge is 0.297 e. The Labute approximate surface area is 147 Å². The lowest BCUT2D eigenvalue weighted by atomic mass is 10.1. The third-order valence-electron chi connectivity index (χ3n) is 3.71. The first-order valence-electron chi connectivity index (χ1n) is 7.75. The number of aliphatic hydroxyl groups excluding tert-OH is 1. The van der Waals surface area contributed by atoms with Crippen LogP contribution in [-0.2, 0) is 19.0 Å². The molecule has 1 saturated heterocycles. The highest BCUT2D eigenvalue weighted by Gasteiger charge is 2.44. The summed E-state index contributed by atoms with van der Waals surface area (Å²) in [6.07, 6.45) is 1.54. The molecule has 1 aromatic carbocycles. The molecule has 1 aliphatic rings. The van der Waals surface area contributed by atoms with Crippen molar-refractivity contribution in [2.24, 2.45) is 0 Å². The minimum atomic E-state index is -4.00. The highest BCUT2D eigenvalue weighted by atomic mass is 32.2. The summed E-state index contributed by atoms with van der Waals surface area (Å²) in [4.78, 5) is 9.72. The van der Waals surface area contributed by atoms with Crippen LogP contribution in [0.25, 0.3) is 0 Å². The van der Waals surface area contributed by atoms with Gasteiger partial charge in [0.1, 0.15) is 10.5 Å². The Morgan fingerprint density at radius 3 is 2.52 bits per heavy atom. The Morgan fingerprint density at radius 1 is 1.48 bits per heavy atom. The highest BCUT2D eigenvalue weighted by Crippen LogP contribution is 2.32. The molecule has 2 rings (SSSR count). The molecule has 1 aliphatic heterocycles. The third kappa shape index (κ3) is 6.54. The maximum absolute atomic E-state index is 11.9. The first-order valence-corrected chi connectivity index (χ1v) is 9.16. The van der Waals surface area contributed by atoms with Crippen molar-refractivity contribution >= 4 is 15.8 Å². The first-order chi connectivity index (χ1) is 11.7. The molecule has 0 aromatic heterocycles. The highest BCUT2D eigenvalue weighted by molar-refractivity contribution is 7.86. The molecule has 1 aromatic rings. The lowest BCUT2D eigenvalue weighted by molar-refractivity contribution is -0.385. The van der Waals surface area contributed by atoms with Crippen molar-refractivity contribution in [1.82, 2.24) is 0 Å². The van der Waals surface area contributed by atoms with Crippen LogP contribution >= 0.6 is 0 Å². The minimum absolute atomic E-state index is 0.0749. The summed E-state index contributed by atoms with van der Waals surface area (Å²) in [6, 6.07) is 4.75. The summed E-state index contributed by atoms with van der Waals surface area (Å²) in [5.41, 5.74) is 0.0842. The fraction of sp³-hybridized carbons (Fsp3) is 0.500. The Hall–Kier alpha value is -1.81. The number of ether oxygens (including phenoxy) is 1. The number of epoxide rings is 1. The summed E-state index contributed by atoms with van der Waals surface area (Å²) in [5, 5.41) is 18.8. The van der Waals surface area contributed by atoms with Crippen LogP contribution in [0, 0.1) is 10.1 Å². The lowest BCUT2D eigenvalue weighted by Crippen LogP contribution is -2.21. The van der Waals surface area contributed by atoms with Crippen molar-refractivity contribution in [2.45, 2.75) is 37.2 Å². The van der Waals surface area contributed by atoms with Gasteiger partial charge in [-0.2, -0.15) is 8.42 Å².